The minimum absolute atomic E-state index is 0.180. The number of benzene rings is 1. The van der Waals surface area contributed by atoms with E-state index in [0.717, 1.165) is 27.0 Å². The Kier molecular flexibility index (Phi) is 3.54. The Morgan fingerprint density at radius 1 is 1.25 bits per heavy atom. The molecule has 0 bridgehead atoms. The Bertz CT molecular complexity index is 750. The van der Waals surface area contributed by atoms with Crippen LogP contribution in [0.2, 0.25) is 0 Å². The van der Waals surface area contributed by atoms with E-state index in [1.54, 1.807) is 6.20 Å². The van der Waals surface area contributed by atoms with E-state index in [4.69, 9.17) is 5.73 Å². The fraction of sp³-hybridized carbons (Fsp3) is 0.200. The van der Waals surface area contributed by atoms with Crippen LogP contribution in [-0.2, 0) is 13.5 Å². The van der Waals surface area contributed by atoms with Crippen molar-refractivity contribution >= 4 is 27.0 Å². The highest BCUT2D eigenvalue weighted by molar-refractivity contribution is 9.10. The number of rotatable bonds is 3. The molecule has 20 heavy (non-hydrogen) atoms. The fourth-order valence-electron chi connectivity index (χ4n) is 2.34. The van der Waals surface area contributed by atoms with Gasteiger partial charge in [0.2, 0.25) is 0 Å². The van der Waals surface area contributed by atoms with Gasteiger partial charge in [0.15, 0.2) is 0 Å². The van der Waals surface area contributed by atoms with Crippen LogP contribution in [0.3, 0.4) is 0 Å². The summed E-state index contributed by atoms with van der Waals surface area (Å²) in [4.78, 5) is 9.00. The molecule has 2 N–H and O–H groups in total. The number of fused-ring (bicyclic) bond motifs is 1. The molecular weight excluding hydrogens is 316 g/mol. The molecule has 2 aromatic heterocycles. The van der Waals surface area contributed by atoms with Crippen molar-refractivity contribution < 1.29 is 0 Å². The molecule has 5 heteroatoms. The third-order valence-electron chi connectivity index (χ3n) is 3.42. The zero-order valence-electron chi connectivity index (χ0n) is 11.1. The van der Waals surface area contributed by atoms with Crippen LogP contribution in [0.25, 0.3) is 11.0 Å². The zero-order chi connectivity index (χ0) is 14.1. The van der Waals surface area contributed by atoms with E-state index < -0.39 is 0 Å². The summed E-state index contributed by atoms with van der Waals surface area (Å²) in [5, 5.41) is 0. The number of nitrogens with zero attached hydrogens (tertiary/aromatic N) is 3. The van der Waals surface area contributed by atoms with Gasteiger partial charge in [-0.2, -0.15) is 0 Å². The molecule has 0 aliphatic heterocycles. The first-order chi connectivity index (χ1) is 9.66. The summed E-state index contributed by atoms with van der Waals surface area (Å²) in [6.45, 7) is 0. The molecule has 0 saturated heterocycles. The lowest BCUT2D eigenvalue weighted by Gasteiger charge is -2.12. The van der Waals surface area contributed by atoms with Gasteiger partial charge in [0.25, 0.3) is 0 Å². The SMILES string of the molecule is Cn1c(CC(N)c2ncccc2Br)nc2ccccc21. The van der Waals surface area contributed by atoms with Crippen LogP contribution in [0.1, 0.15) is 17.6 Å². The van der Waals surface area contributed by atoms with E-state index in [1.807, 2.05) is 37.4 Å². The predicted octanol–water partition coefficient (Wildman–Crippen LogP) is 2.97. The van der Waals surface area contributed by atoms with Crippen LogP contribution >= 0.6 is 15.9 Å². The summed E-state index contributed by atoms with van der Waals surface area (Å²) in [7, 11) is 2.02. The summed E-state index contributed by atoms with van der Waals surface area (Å²) in [6.07, 6.45) is 2.41. The molecule has 0 radical (unpaired) electrons. The van der Waals surface area contributed by atoms with Crippen LogP contribution in [-0.4, -0.2) is 14.5 Å². The van der Waals surface area contributed by atoms with Crippen molar-refractivity contribution in [1.82, 2.24) is 14.5 Å². The van der Waals surface area contributed by atoms with Gasteiger partial charge in [0.1, 0.15) is 5.82 Å². The molecule has 0 saturated carbocycles. The van der Waals surface area contributed by atoms with Crippen LogP contribution in [0.5, 0.6) is 0 Å². The molecule has 0 spiro atoms. The summed E-state index contributed by atoms with van der Waals surface area (Å²) in [5.41, 5.74) is 9.25. The van der Waals surface area contributed by atoms with Crippen LogP contribution in [0, 0.1) is 0 Å². The van der Waals surface area contributed by atoms with E-state index in [1.165, 1.54) is 0 Å². The molecule has 0 aliphatic rings. The Hall–Kier alpha value is -1.72. The summed E-state index contributed by atoms with van der Waals surface area (Å²) < 4.78 is 3.03. The van der Waals surface area contributed by atoms with Crippen molar-refractivity contribution in [2.45, 2.75) is 12.5 Å². The number of imidazole rings is 1. The smallest absolute Gasteiger partial charge is 0.111 e. The lowest BCUT2D eigenvalue weighted by molar-refractivity contribution is 0.645. The Morgan fingerprint density at radius 2 is 2.05 bits per heavy atom. The molecule has 102 valence electrons. The first-order valence-corrected chi connectivity index (χ1v) is 7.22. The zero-order valence-corrected chi connectivity index (χ0v) is 12.7. The fourth-order valence-corrected chi connectivity index (χ4v) is 2.89. The minimum Gasteiger partial charge on any atom is -0.331 e. The first kappa shape index (κ1) is 13.3. The van der Waals surface area contributed by atoms with Gasteiger partial charge in [-0.3, -0.25) is 4.98 Å². The molecule has 3 aromatic rings. The number of aryl methyl sites for hydroxylation is 1. The van der Waals surface area contributed by atoms with Gasteiger partial charge in [-0.25, -0.2) is 4.98 Å². The van der Waals surface area contributed by atoms with Gasteiger partial charge >= 0.3 is 0 Å². The van der Waals surface area contributed by atoms with Gasteiger partial charge < -0.3 is 10.3 Å². The molecular formula is C15H15BrN4. The standard InChI is InChI=1S/C15H15BrN4/c1-20-13-7-3-2-6-12(13)19-14(20)9-11(17)15-10(16)5-4-8-18-15/h2-8,11H,9,17H2,1H3. The topological polar surface area (TPSA) is 56.7 Å². The highest BCUT2D eigenvalue weighted by Crippen LogP contribution is 2.23. The lowest BCUT2D eigenvalue weighted by atomic mass is 10.1. The van der Waals surface area contributed by atoms with Crippen LogP contribution < -0.4 is 5.73 Å². The average molecular weight is 331 g/mol. The monoisotopic (exact) mass is 330 g/mol. The normalized spacial score (nSPS) is 12.8. The second-order valence-corrected chi connectivity index (χ2v) is 5.61. The van der Waals surface area contributed by atoms with E-state index in [-0.39, 0.29) is 6.04 Å². The maximum atomic E-state index is 6.27. The van der Waals surface area contributed by atoms with Crippen molar-refractivity contribution in [2.24, 2.45) is 12.8 Å². The van der Waals surface area contributed by atoms with Gasteiger partial charge in [0.05, 0.1) is 22.8 Å². The number of pyridine rings is 1. The van der Waals surface area contributed by atoms with Crippen molar-refractivity contribution in [2.75, 3.05) is 0 Å². The largest absolute Gasteiger partial charge is 0.331 e. The van der Waals surface area contributed by atoms with E-state index in [2.05, 4.69) is 36.5 Å². The second kappa shape index (κ2) is 5.34. The Balaban J connectivity index is 1.93. The van der Waals surface area contributed by atoms with E-state index >= 15 is 0 Å². The van der Waals surface area contributed by atoms with Crippen molar-refractivity contribution in [3.8, 4) is 0 Å². The Morgan fingerprint density at radius 3 is 2.80 bits per heavy atom. The Labute approximate surface area is 125 Å². The van der Waals surface area contributed by atoms with Gasteiger partial charge in [-0.1, -0.05) is 12.1 Å². The van der Waals surface area contributed by atoms with Gasteiger partial charge in [-0.15, -0.1) is 0 Å². The number of aromatic nitrogens is 3. The molecule has 1 aromatic carbocycles. The highest BCUT2D eigenvalue weighted by atomic mass is 79.9. The molecule has 0 aliphatic carbocycles. The number of halogens is 1. The lowest BCUT2D eigenvalue weighted by Crippen LogP contribution is -2.17. The van der Waals surface area contributed by atoms with E-state index in [0.29, 0.717) is 6.42 Å². The molecule has 3 rings (SSSR count). The van der Waals surface area contributed by atoms with E-state index in [9.17, 15) is 0 Å². The maximum Gasteiger partial charge on any atom is 0.111 e. The minimum atomic E-state index is -0.180. The number of hydrogen-bond donors (Lipinski definition) is 1. The summed E-state index contributed by atoms with van der Waals surface area (Å²) in [6, 6.07) is 11.8. The highest BCUT2D eigenvalue weighted by Gasteiger charge is 2.15. The maximum absolute atomic E-state index is 6.27. The van der Waals surface area contributed by atoms with Crippen molar-refractivity contribution in [1.29, 1.82) is 0 Å². The molecule has 1 unspecified atom stereocenters. The van der Waals surface area contributed by atoms with Crippen molar-refractivity contribution in [3.05, 3.63) is 58.6 Å². The quantitative estimate of drug-likeness (QED) is 0.803. The third kappa shape index (κ3) is 2.34. The van der Waals surface area contributed by atoms with Crippen LogP contribution in [0.4, 0.5) is 0 Å². The van der Waals surface area contributed by atoms with Crippen LogP contribution in [0.15, 0.2) is 47.1 Å². The van der Waals surface area contributed by atoms with Gasteiger partial charge in [-0.05, 0) is 40.2 Å². The number of hydrogen-bond acceptors (Lipinski definition) is 3. The predicted molar refractivity (Wildman–Crippen MR) is 83.3 cm³/mol. The molecule has 0 amide bonds. The first-order valence-electron chi connectivity index (χ1n) is 6.43. The molecule has 1 atom stereocenters. The summed E-state index contributed by atoms with van der Waals surface area (Å²) in [5.74, 6) is 0.969. The van der Waals surface area contributed by atoms with Crippen molar-refractivity contribution in [3.63, 3.8) is 0 Å². The van der Waals surface area contributed by atoms with Gasteiger partial charge in [0, 0.05) is 24.1 Å². The second-order valence-electron chi connectivity index (χ2n) is 4.76. The number of nitrogens with two attached hydrogens (primary N) is 1. The molecule has 2 heterocycles. The number of para-hydroxylation sites is 2. The molecule has 4 nitrogen and oxygen atoms in total. The average Bonchev–Trinajstić information content (AvgIpc) is 2.76. The molecule has 0 fully saturated rings. The summed E-state index contributed by atoms with van der Waals surface area (Å²) >= 11 is 3.49. The third-order valence-corrected chi connectivity index (χ3v) is 4.09.